The highest BCUT2D eigenvalue weighted by atomic mass is 16.5. The number of nitrogens with one attached hydrogen (secondary N) is 1. The maximum atomic E-state index is 11.9. The lowest BCUT2D eigenvalue weighted by Crippen LogP contribution is -2.40. The molecule has 0 fully saturated rings. The van der Waals surface area contributed by atoms with E-state index in [1.165, 1.54) is 17.0 Å². The molecular formula is C13H18N2O4. The molecule has 19 heavy (non-hydrogen) atoms. The molecule has 6 heteroatoms. The van der Waals surface area contributed by atoms with Crippen molar-refractivity contribution < 1.29 is 19.4 Å². The molecule has 0 saturated heterocycles. The van der Waals surface area contributed by atoms with Gasteiger partial charge in [0.1, 0.15) is 0 Å². The molecule has 0 saturated carbocycles. The van der Waals surface area contributed by atoms with Crippen LogP contribution in [-0.4, -0.2) is 48.8 Å². The van der Waals surface area contributed by atoms with Gasteiger partial charge in [-0.2, -0.15) is 0 Å². The van der Waals surface area contributed by atoms with E-state index in [1.807, 2.05) is 6.92 Å². The van der Waals surface area contributed by atoms with Crippen molar-refractivity contribution in [3.63, 3.8) is 0 Å². The summed E-state index contributed by atoms with van der Waals surface area (Å²) in [5, 5.41) is 11.5. The highest BCUT2D eigenvalue weighted by molar-refractivity contribution is 5.91. The van der Waals surface area contributed by atoms with E-state index in [-0.39, 0.29) is 17.6 Å². The van der Waals surface area contributed by atoms with Crippen LogP contribution in [0, 0.1) is 0 Å². The number of aromatic carboxylic acids is 1. The minimum Gasteiger partial charge on any atom is -0.478 e. The third kappa shape index (κ3) is 4.26. The monoisotopic (exact) mass is 266 g/mol. The standard InChI is InChI=1S/C13H18N2O4/c1-9(8-19-3)15(2)13(18)14-11-6-4-10(5-7-11)12(16)17/h4-7,9H,8H2,1-3H3,(H,14,18)(H,16,17). The van der Waals surface area contributed by atoms with Gasteiger partial charge in [0.25, 0.3) is 0 Å². The zero-order valence-corrected chi connectivity index (χ0v) is 11.2. The molecule has 0 bridgehead atoms. The van der Waals surface area contributed by atoms with Gasteiger partial charge < -0.3 is 20.1 Å². The summed E-state index contributed by atoms with van der Waals surface area (Å²) in [6.45, 7) is 2.32. The molecule has 0 spiro atoms. The van der Waals surface area contributed by atoms with Gasteiger partial charge >= 0.3 is 12.0 Å². The van der Waals surface area contributed by atoms with E-state index in [1.54, 1.807) is 26.3 Å². The van der Waals surface area contributed by atoms with E-state index in [2.05, 4.69) is 5.32 Å². The van der Waals surface area contributed by atoms with Gasteiger partial charge in [0.15, 0.2) is 0 Å². The summed E-state index contributed by atoms with van der Waals surface area (Å²) in [5.41, 5.74) is 0.727. The van der Waals surface area contributed by atoms with Crippen molar-refractivity contribution >= 4 is 17.7 Å². The Bertz CT molecular complexity index is 444. The molecule has 1 unspecified atom stereocenters. The molecule has 0 aromatic heterocycles. The fourth-order valence-electron chi connectivity index (χ4n) is 1.46. The number of urea groups is 1. The number of nitrogens with zero attached hydrogens (tertiary/aromatic N) is 1. The zero-order chi connectivity index (χ0) is 14.4. The van der Waals surface area contributed by atoms with Crippen LogP contribution in [0.15, 0.2) is 24.3 Å². The van der Waals surface area contributed by atoms with E-state index in [4.69, 9.17) is 9.84 Å². The quantitative estimate of drug-likeness (QED) is 0.853. The van der Waals surface area contributed by atoms with Crippen LogP contribution < -0.4 is 5.32 Å². The molecule has 2 N–H and O–H groups in total. The highest BCUT2D eigenvalue weighted by Crippen LogP contribution is 2.11. The smallest absolute Gasteiger partial charge is 0.335 e. The molecule has 0 heterocycles. The summed E-state index contributed by atoms with van der Waals surface area (Å²) >= 11 is 0. The predicted molar refractivity (Wildman–Crippen MR) is 71.5 cm³/mol. The van der Waals surface area contributed by atoms with Crippen LogP contribution in [0.4, 0.5) is 10.5 Å². The lowest BCUT2D eigenvalue weighted by Gasteiger charge is -2.24. The van der Waals surface area contributed by atoms with E-state index in [9.17, 15) is 9.59 Å². The van der Waals surface area contributed by atoms with E-state index < -0.39 is 5.97 Å². The Hall–Kier alpha value is -2.08. The van der Waals surface area contributed by atoms with Crippen LogP contribution in [-0.2, 0) is 4.74 Å². The average Bonchev–Trinajstić information content (AvgIpc) is 2.38. The first-order valence-corrected chi connectivity index (χ1v) is 5.81. The molecule has 1 aromatic carbocycles. The first kappa shape index (κ1) is 15.0. The molecule has 1 aromatic rings. The number of hydrogen-bond donors (Lipinski definition) is 2. The second-order valence-electron chi connectivity index (χ2n) is 4.23. The average molecular weight is 266 g/mol. The van der Waals surface area contributed by atoms with Gasteiger partial charge in [-0.15, -0.1) is 0 Å². The Kier molecular flexibility index (Phi) is 5.32. The number of amides is 2. The van der Waals surface area contributed by atoms with Crippen molar-refractivity contribution in [3.8, 4) is 0 Å². The molecular weight excluding hydrogens is 248 g/mol. The van der Waals surface area contributed by atoms with Gasteiger partial charge in [0, 0.05) is 19.8 Å². The van der Waals surface area contributed by atoms with Crippen molar-refractivity contribution in [2.75, 3.05) is 26.1 Å². The topological polar surface area (TPSA) is 78.9 Å². The summed E-state index contributed by atoms with van der Waals surface area (Å²) in [6, 6.07) is 5.66. The summed E-state index contributed by atoms with van der Waals surface area (Å²) in [5.74, 6) is -0.997. The number of carbonyl (C=O) groups is 2. The number of ether oxygens (including phenoxy) is 1. The maximum absolute atomic E-state index is 11.9. The molecule has 0 aliphatic heterocycles. The minimum atomic E-state index is -0.997. The lowest BCUT2D eigenvalue weighted by atomic mass is 10.2. The van der Waals surface area contributed by atoms with Crippen LogP contribution in [0.2, 0.25) is 0 Å². The highest BCUT2D eigenvalue weighted by Gasteiger charge is 2.15. The second kappa shape index (κ2) is 6.75. The van der Waals surface area contributed by atoms with Crippen LogP contribution >= 0.6 is 0 Å². The van der Waals surface area contributed by atoms with Gasteiger partial charge in [-0.25, -0.2) is 9.59 Å². The van der Waals surface area contributed by atoms with Crippen molar-refractivity contribution in [2.45, 2.75) is 13.0 Å². The Labute approximate surface area is 112 Å². The van der Waals surface area contributed by atoms with Crippen molar-refractivity contribution in [1.82, 2.24) is 4.90 Å². The second-order valence-corrected chi connectivity index (χ2v) is 4.23. The number of hydrogen-bond acceptors (Lipinski definition) is 3. The molecule has 1 atom stereocenters. The molecule has 6 nitrogen and oxygen atoms in total. The number of methoxy groups -OCH3 is 1. The number of carboxylic acids is 1. The van der Waals surface area contributed by atoms with Crippen molar-refractivity contribution in [2.24, 2.45) is 0 Å². The molecule has 1 rings (SSSR count). The first-order valence-electron chi connectivity index (χ1n) is 5.81. The van der Waals surface area contributed by atoms with Gasteiger partial charge in [-0.1, -0.05) is 0 Å². The first-order chi connectivity index (χ1) is 8.95. The number of rotatable bonds is 5. The van der Waals surface area contributed by atoms with E-state index in [0.717, 1.165) is 0 Å². The number of carboxylic acid groups (broad SMARTS) is 1. The summed E-state index contributed by atoms with van der Waals surface area (Å²) in [6.07, 6.45) is 0. The zero-order valence-electron chi connectivity index (χ0n) is 11.2. The largest absolute Gasteiger partial charge is 0.478 e. The van der Waals surface area contributed by atoms with Crippen LogP contribution in [0.25, 0.3) is 0 Å². The summed E-state index contributed by atoms with van der Waals surface area (Å²) < 4.78 is 4.98. The fraction of sp³-hybridized carbons (Fsp3) is 0.385. The predicted octanol–water partition coefficient (Wildman–Crippen LogP) is 1.88. The van der Waals surface area contributed by atoms with Gasteiger partial charge in [0.2, 0.25) is 0 Å². The maximum Gasteiger partial charge on any atom is 0.335 e. The van der Waals surface area contributed by atoms with Crippen molar-refractivity contribution in [1.29, 1.82) is 0 Å². The number of carbonyl (C=O) groups excluding carboxylic acids is 1. The van der Waals surface area contributed by atoms with E-state index >= 15 is 0 Å². The SMILES string of the molecule is COCC(C)N(C)C(=O)Nc1ccc(C(=O)O)cc1. The third-order valence-corrected chi connectivity index (χ3v) is 2.77. The summed E-state index contributed by atoms with van der Waals surface area (Å²) in [7, 11) is 3.25. The van der Waals surface area contributed by atoms with Gasteiger partial charge in [0.05, 0.1) is 18.2 Å². The molecule has 104 valence electrons. The number of anilines is 1. The molecule has 2 amide bonds. The van der Waals surface area contributed by atoms with E-state index in [0.29, 0.717) is 12.3 Å². The normalized spacial score (nSPS) is 11.7. The van der Waals surface area contributed by atoms with Crippen LogP contribution in [0.5, 0.6) is 0 Å². The molecule has 0 aliphatic rings. The number of likely N-dealkylation sites (N-methyl/N-ethyl adjacent to an activating group) is 1. The molecule has 0 aliphatic carbocycles. The van der Waals surface area contributed by atoms with Crippen LogP contribution in [0.3, 0.4) is 0 Å². The Balaban J connectivity index is 2.63. The third-order valence-electron chi connectivity index (χ3n) is 2.77. The summed E-state index contributed by atoms with van der Waals surface area (Å²) in [4.78, 5) is 24.1. The fourth-order valence-corrected chi connectivity index (χ4v) is 1.46. The molecule has 0 radical (unpaired) electrons. The van der Waals surface area contributed by atoms with Gasteiger partial charge in [-0.05, 0) is 31.2 Å². The van der Waals surface area contributed by atoms with Crippen molar-refractivity contribution in [3.05, 3.63) is 29.8 Å². The minimum absolute atomic E-state index is 0.0525. The van der Waals surface area contributed by atoms with Gasteiger partial charge in [-0.3, -0.25) is 0 Å². The Morgan fingerprint density at radius 2 is 1.95 bits per heavy atom. The number of benzene rings is 1. The Morgan fingerprint density at radius 3 is 2.42 bits per heavy atom. The van der Waals surface area contributed by atoms with Crippen LogP contribution in [0.1, 0.15) is 17.3 Å². The lowest BCUT2D eigenvalue weighted by molar-refractivity contribution is 0.0697. The Morgan fingerprint density at radius 1 is 1.37 bits per heavy atom.